The number of fused-ring (bicyclic) bond motifs is 2. The van der Waals surface area contributed by atoms with Crippen LogP contribution >= 0.6 is 58.0 Å². The van der Waals surface area contributed by atoms with Crippen molar-refractivity contribution < 1.29 is 72.4 Å². The van der Waals surface area contributed by atoms with Crippen molar-refractivity contribution in [2.24, 2.45) is 14.1 Å². The summed E-state index contributed by atoms with van der Waals surface area (Å²) in [5.74, 6) is -1.36. The van der Waals surface area contributed by atoms with Crippen LogP contribution in [0.4, 0.5) is 55.5 Å². The number of rotatable bonds is 5. The number of aryl methyl sites for hydroxylation is 2. The average molecular weight is 1040 g/mol. The number of aromatic nitrogens is 6. The number of carbonyl (C=O) groups is 2. The number of amides is 1. The van der Waals surface area contributed by atoms with E-state index in [1.54, 1.807) is 12.1 Å². The smallest absolute Gasteiger partial charge is 0.395 e. The quantitative estimate of drug-likeness (QED) is 0.0957. The Morgan fingerprint density at radius 3 is 1.42 bits per heavy atom. The molecule has 352 valence electrons. The number of alkyl halides is 12. The van der Waals surface area contributed by atoms with E-state index >= 15 is 0 Å². The Morgan fingerprint density at radius 1 is 0.667 bits per heavy atom. The molecule has 8 rings (SSSR count). The molecule has 0 radical (unpaired) electrons. The van der Waals surface area contributed by atoms with Crippen LogP contribution in [0, 0.1) is 0 Å². The first-order valence-corrected chi connectivity index (χ1v) is 19.5. The maximum Gasteiger partial charge on any atom is 0.586 e. The Hall–Kier alpha value is -5.95. The van der Waals surface area contributed by atoms with Crippen molar-refractivity contribution in [2.75, 3.05) is 16.4 Å². The minimum absolute atomic E-state index is 0.0471. The predicted octanol–water partition coefficient (Wildman–Crippen LogP) is 11.3. The van der Waals surface area contributed by atoms with Crippen molar-refractivity contribution in [2.45, 2.75) is 24.9 Å². The van der Waals surface area contributed by atoms with Crippen LogP contribution in [-0.2, 0) is 26.4 Å². The third-order valence-corrected chi connectivity index (χ3v) is 9.10. The van der Waals surface area contributed by atoms with Crippen molar-refractivity contribution >= 4 is 80.8 Å². The summed E-state index contributed by atoms with van der Waals surface area (Å²) >= 11 is 26.6. The van der Waals surface area contributed by atoms with Gasteiger partial charge in [0.05, 0.1) is 38.9 Å². The van der Waals surface area contributed by atoms with Crippen LogP contribution in [0.1, 0.15) is 32.1 Å². The minimum Gasteiger partial charge on any atom is -0.395 e. The largest absolute Gasteiger partial charge is 0.586 e. The number of nitrogens with zero attached hydrogens (tertiary/aromatic N) is 6. The van der Waals surface area contributed by atoms with E-state index in [0.717, 1.165) is 32.6 Å². The number of benzene rings is 2. The molecule has 0 atom stereocenters. The lowest BCUT2D eigenvalue weighted by molar-refractivity contribution is -0.287. The molecule has 0 spiro atoms. The third kappa shape index (κ3) is 12.3. The first-order chi connectivity index (χ1) is 30.6. The fraction of sp³-hybridized carbons (Fsp3) is 0.189. The molecule has 0 unspecified atom stereocenters. The Balaban J connectivity index is 0.000000198. The van der Waals surface area contributed by atoms with E-state index in [9.17, 15) is 53.5 Å². The molecule has 0 fully saturated rings. The van der Waals surface area contributed by atoms with Crippen LogP contribution in [0.25, 0.3) is 22.3 Å². The Kier molecular flexibility index (Phi) is 15.4. The van der Waals surface area contributed by atoms with Gasteiger partial charge in [-0.05, 0) is 48.0 Å². The molecule has 66 heavy (non-hydrogen) atoms. The van der Waals surface area contributed by atoms with Crippen molar-refractivity contribution in [3.05, 3.63) is 106 Å². The molecule has 2 aliphatic heterocycles. The maximum atomic E-state index is 13.2. The number of halogens is 15. The maximum absolute atomic E-state index is 13.2. The summed E-state index contributed by atoms with van der Waals surface area (Å²) in [5.41, 5.74) is 3.67. The van der Waals surface area contributed by atoms with Crippen molar-refractivity contribution in [3.8, 4) is 45.3 Å². The highest BCUT2D eigenvalue weighted by Crippen LogP contribution is 2.47. The van der Waals surface area contributed by atoms with Crippen LogP contribution < -0.4 is 30.0 Å². The Morgan fingerprint density at radius 2 is 1.06 bits per heavy atom. The molecule has 0 bridgehead atoms. The molecular weight excluding hydrogens is 1020 g/mol. The Labute approximate surface area is 387 Å². The highest BCUT2D eigenvalue weighted by molar-refractivity contribution is 6.67. The molecule has 4 aromatic heterocycles. The SMILES string of the molecule is ClCCl.Cn1ncc(C(=O)Cl)c1C(F)(F)F.Cn1ncc(C(=O)Nc2ccc(-c3cc4c(cc3Cl)OC(F)(F)O4)cn2)c1C(F)(F)F.Nc1ccc(-c2cc3c(cc2Cl)OC(F)(F)O3)cn1. The monoisotopic (exact) mass is 1040 g/mol. The minimum atomic E-state index is -4.78. The average Bonchev–Trinajstić information content (AvgIpc) is 3.96. The number of anilines is 2. The van der Waals surface area contributed by atoms with Crippen molar-refractivity contribution in [1.82, 2.24) is 29.5 Å². The van der Waals surface area contributed by atoms with E-state index in [1.165, 1.54) is 42.7 Å². The summed E-state index contributed by atoms with van der Waals surface area (Å²) < 4.78 is 147. The molecule has 6 aromatic rings. The molecule has 2 aromatic carbocycles. The zero-order chi connectivity index (χ0) is 49.1. The summed E-state index contributed by atoms with van der Waals surface area (Å²) in [7, 11) is 2.16. The number of hydrogen-bond donors (Lipinski definition) is 2. The lowest BCUT2D eigenvalue weighted by atomic mass is 10.1. The summed E-state index contributed by atoms with van der Waals surface area (Å²) in [5, 5.41) is 8.38. The topological polar surface area (TPSA) is 171 Å². The number of nitrogens with one attached hydrogen (secondary N) is 1. The van der Waals surface area contributed by atoms with E-state index in [4.69, 9.17) is 63.7 Å². The van der Waals surface area contributed by atoms with Crippen LogP contribution in [-0.4, -0.2) is 58.6 Å². The summed E-state index contributed by atoms with van der Waals surface area (Å²) in [6, 6.07) is 11.1. The molecule has 14 nitrogen and oxygen atoms in total. The van der Waals surface area contributed by atoms with Gasteiger partial charge in [0.15, 0.2) is 34.4 Å². The van der Waals surface area contributed by atoms with Gasteiger partial charge in [-0.3, -0.25) is 19.0 Å². The van der Waals surface area contributed by atoms with Gasteiger partial charge < -0.3 is 30.0 Å². The third-order valence-electron chi connectivity index (χ3n) is 8.27. The number of hydrogen-bond acceptors (Lipinski definition) is 11. The second-order valence-electron chi connectivity index (χ2n) is 12.7. The molecule has 0 saturated heterocycles. The molecule has 3 N–H and O–H groups in total. The zero-order valence-corrected chi connectivity index (χ0v) is 36.3. The van der Waals surface area contributed by atoms with Crippen LogP contribution in [0.15, 0.2) is 73.3 Å². The molecule has 0 aliphatic carbocycles. The van der Waals surface area contributed by atoms with E-state index in [1.807, 2.05) is 0 Å². The summed E-state index contributed by atoms with van der Waals surface area (Å²) in [4.78, 5) is 30.7. The number of nitrogens with two attached hydrogens (primary N) is 1. The van der Waals surface area contributed by atoms with Gasteiger partial charge in [0.2, 0.25) is 0 Å². The standard InChI is InChI=1S/C18H10ClF5N4O3.C12H7ClF2N2O2.C6H4ClF3N2O.CH2Cl2/c1-28-15(17(20,21)22)10(7-26-28)16(29)27-14-3-2-8(6-25-14)9-4-12-13(5-11(9)19)31-18(23,24)30-12;13-8-4-10-9(18-12(14,15)19-10)3-7(8)6-1-2-11(16)17-5-6;1-12-4(6(8,9)10)3(2-11-12)5(7)13;2-1-3/h2-7H,1H3,(H,25,27,29);1-5H,(H2,16,17);2H,1H3;1H2. The first-order valence-electron chi connectivity index (χ1n) is 17.3. The molecule has 29 heteroatoms. The number of nitrogen functional groups attached to an aromatic ring is 1. The van der Waals surface area contributed by atoms with Gasteiger partial charge in [-0.25, -0.2) is 9.97 Å². The molecular formula is C37H23Cl5F10N8O6. The summed E-state index contributed by atoms with van der Waals surface area (Å²) in [6.07, 6.45) is -12.5. The lowest BCUT2D eigenvalue weighted by Gasteiger charge is -2.10. The second kappa shape index (κ2) is 19.9. The highest BCUT2D eigenvalue weighted by Gasteiger charge is 2.45. The molecule has 1 amide bonds. The predicted molar refractivity (Wildman–Crippen MR) is 217 cm³/mol. The normalized spacial score (nSPS) is 13.9. The van der Waals surface area contributed by atoms with E-state index < -0.39 is 58.6 Å². The van der Waals surface area contributed by atoms with Gasteiger partial charge in [-0.15, -0.1) is 40.8 Å². The van der Waals surface area contributed by atoms with Gasteiger partial charge in [-0.1, -0.05) is 23.2 Å². The molecule has 0 saturated carbocycles. The molecule has 2 aliphatic rings. The van der Waals surface area contributed by atoms with Crippen molar-refractivity contribution in [1.29, 1.82) is 0 Å². The van der Waals surface area contributed by atoms with Crippen LogP contribution in [0.3, 0.4) is 0 Å². The van der Waals surface area contributed by atoms with Crippen LogP contribution in [0.2, 0.25) is 10.0 Å². The van der Waals surface area contributed by atoms with Gasteiger partial charge >= 0.3 is 24.9 Å². The summed E-state index contributed by atoms with van der Waals surface area (Å²) in [6.45, 7) is 0. The number of ether oxygens (including phenoxy) is 4. The fourth-order valence-corrected chi connectivity index (χ4v) is 6.28. The lowest BCUT2D eigenvalue weighted by Crippen LogP contribution is -2.25. The second-order valence-corrected chi connectivity index (χ2v) is 14.6. The van der Waals surface area contributed by atoms with Crippen molar-refractivity contribution in [3.63, 3.8) is 0 Å². The fourth-order valence-electron chi connectivity index (χ4n) is 5.62. The highest BCUT2D eigenvalue weighted by atomic mass is 35.5. The van der Waals surface area contributed by atoms with E-state index in [0.29, 0.717) is 37.4 Å². The van der Waals surface area contributed by atoms with E-state index in [-0.39, 0.29) is 44.2 Å². The van der Waals surface area contributed by atoms with Gasteiger partial charge in [0, 0.05) is 60.9 Å². The first kappa shape index (κ1) is 51.0. The number of carbonyl (C=O) groups excluding carboxylic acids is 2. The number of pyridine rings is 2. The van der Waals surface area contributed by atoms with Gasteiger partial charge in [0.1, 0.15) is 11.6 Å². The van der Waals surface area contributed by atoms with Crippen LogP contribution in [0.5, 0.6) is 23.0 Å². The zero-order valence-electron chi connectivity index (χ0n) is 32.5. The van der Waals surface area contributed by atoms with Gasteiger partial charge in [-0.2, -0.15) is 36.5 Å². The Bertz CT molecular complexity index is 2740. The van der Waals surface area contributed by atoms with E-state index in [2.05, 4.69) is 44.4 Å². The molecule has 6 heterocycles. The van der Waals surface area contributed by atoms with Gasteiger partial charge in [0.25, 0.3) is 11.1 Å².